The predicted octanol–water partition coefficient (Wildman–Crippen LogP) is 2.81. The number of benzene rings is 2. The van der Waals surface area contributed by atoms with E-state index in [0.717, 1.165) is 17.7 Å². The van der Waals surface area contributed by atoms with E-state index in [4.69, 9.17) is 18.9 Å². The van der Waals surface area contributed by atoms with Crippen molar-refractivity contribution in [3.05, 3.63) is 60.2 Å². The van der Waals surface area contributed by atoms with Gasteiger partial charge in [0.25, 0.3) is 5.91 Å². The van der Waals surface area contributed by atoms with Crippen LogP contribution in [0.25, 0.3) is 0 Å². The Hall–Kier alpha value is -2.57. The van der Waals surface area contributed by atoms with Gasteiger partial charge in [-0.1, -0.05) is 30.3 Å². The summed E-state index contributed by atoms with van der Waals surface area (Å²) in [5.41, 5.74) is 1.11. The lowest BCUT2D eigenvalue weighted by Gasteiger charge is -2.09. The fourth-order valence-electron chi connectivity index (χ4n) is 2.22. The van der Waals surface area contributed by atoms with Crippen molar-refractivity contribution in [2.75, 3.05) is 40.1 Å². The van der Waals surface area contributed by atoms with Gasteiger partial charge >= 0.3 is 0 Å². The van der Waals surface area contributed by atoms with Gasteiger partial charge in [0, 0.05) is 20.3 Å². The normalized spacial score (nSPS) is 10.4. The molecule has 0 aromatic heterocycles. The third-order valence-corrected chi connectivity index (χ3v) is 3.66. The first-order valence-electron chi connectivity index (χ1n) is 9.01. The maximum absolute atomic E-state index is 11.8. The number of amides is 1. The second-order valence-electron chi connectivity index (χ2n) is 5.84. The van der Waals surface area contributed by atoms with E-state index in [1.165, 1.54) is 0 Å². The van der Waals surface area contributed by atoms with E-state index in [9.17, 15) is 4.79 Å². The zero-order valence-corrected chi connectivity index (χ0v) is 15.7. The van der Waals surface area contributed by atoms with Crippen molar-refractivity contribution in [3.63, 3.8) is 0 Å². The Labute approximate surface area is 160 Å². The smallest absolute Gasteiger partial charge is 0.257 e. The summed E-state index contributed by atoms with van der Waals surface area (Å²) in [6.07, 6.45) is 0.753. The number of nitrogens with one attached hydrogen (secondary N) is 1. The summed E-state index contributed by atoms with van der Waals surface area (Å²) in [5.74, 6) is 1.22. The van der Waals surface area contributed by atoms with Gasteiger partial charge in [0.2, 0.25) is 0 Å². The van der Waals surface area contributed by atoms with Crippen LogP contribution >= 0.6 is 0 Å². The van der Waals surface area contributed by atoms with E-state index in [2.05, 4.69) is 5.32 Å². The van der Waals surface area contributed by atoms with Crippen molar-refractivity contribution in [2.45, 2.75) is 13.0 Å². The van der Waals surface area contributed by atoms with Crippen molar-refractivity contribution >= 4 is 5.91 Å². The lowest BCUT2D eigenvalue weighted by atomic mass is 10.2. The largest absolute Gasteiger partial charge is 0.489 e. The summed E-state index contributed by atoms with van der Waals surface area (Å²) >= 11 is 0. The van der Waals surface area contributed by atoms with E-state index >= 15 is 0 Å². The highest BCUT2D eigenvalue weighted by Crippen LogP contribution is 2.18. The van der Waals surface area contributed by atoms with E-state index in [1.807, 2.05) is 42.5 Å². The van der Waals surface area contributed by atoms with Gasteiger partial charge in [-0.05, 0) is 36.2 Å². The average Bonchev–Trinajstić information content (AvgIpc) is 2.71. The third kappa shape index (κ3) is 9.08. The van der Waals surface area contributed by atoms with E-state index in [1.54, 1.807) is 19.2 Å². The number of rotatable bonds is 13. The van der Waals surface area contributed by atoms with Crippen LogP contribution in [-0.4, -0.2) is 46.0 Å². The highest BCUT2D eigenvalue weighted by atomic mass is 16.5. The van der Waals surface area contributed by atoms with Crippen LogP contribution in [0.15, 0.2) is 54.6 Å². The molecule has 2 rings (SSSR count). The number of hydrogen-bond acceptors (Lipinski definition) is 5. The summed E-state index contributed by atoms with van der Waals surface area (Å²) in [6.45, 7) is 2.79. The molecule has 1 amide bonds. The Kier molecular flexibility index (Phi) is 9.78. The quantitative estimate of drug-likeness (QED) is 0.547. The van der Waals surface area contributed by atoms with Gasteiger partial charge in [-0.3, -0.25) is 4.79 Å². The molecule has 0 heterocycles. The number of carbonyl (C=O) groups excluding carboxylic acids is 1. The summed E-state index contributed by atoms with van der Waals surface area (Å²) in [7, 11) is 1.63. The van der Waals surface area contributed by atoms with Crippen LogP contribution in [-0.2, 0) is 20.9 Å². The molecule has 27 heavy (non-hydrogen) atoms. The third-order valence-electron chi connectivity index (χ3n) is 3.66. The zero-order valence-electron chi connectivity index (χ0n) is 15.7. The first-order valence-corrected chi connectivity index (χ1v) is 9.01. The van der Waals surface area contributed by atoms with Crippen molar-refractivity contribution in [1.29, 1.82) is 0 Å². The Morgan fingerprint density at radius 1 is 0.889 bits per heavy atom. The lowest BCUT2D eigenvalue weighted by molar-refractivity contribution is -0.123. The summed E-state index contributed by atoms with van der Waals surface area (Å²) in [6, 6.07) is 17.2. The van der Waals surface area contributed by atoms with Gasteiger partial charge in [0.1, 0.15) is 18.1 Å². The Morgan fingerprint density at radius 2 is 1.59 bits per heavy atom. The molecule has 6 heteroatoms. The molecule has 0 spiro atoms. The van der Waals surface area contributed by atoms with Crippen molar-refractivity contribution in [1.82, 2.24) is 5.32 Å². The van der Waals surface area contributed by atoms with Gasteiger partial charge in [-0.25, -0.2) is 0 Å². The molecule has 6 nitrogen and oxygen atoms in total. The van der Waals surface area contributed by atoms with Crippen LogP contribution in [0.1, 0.15) is 12.0 Å². The second kappa shape index (κ2) is 12.7. The molecule has 0 atom stereocenters. The molecule has 2 aromatic rings. The van der Waals surface area contributed by atoms with Crippen LogP contribution < -0.4 is 14.8 Å². The standard InChI is InChI=1S/C21H27NO5/c1-24-14-15-25-13-5-12-22-21(23)17-27-20-10-8-19(9-11-20)26-16-18-6-3-2-4-7-18/h2-4,6-11H,5,12-17H2,1H3,(H,22,23). The highest BCUT2D eigenvalue weighted by Gasteiger charge is 2.03. The van der Waals surface area contributed by atoms with Gasteiger partial charge in [0.15, 0.2) is 6.61 Å². The maximum atomic E-state index is 11.8. The molecule has 0 saturated heterocycles. The first-order chi connectivity index (χ1) is 13.3. The van der Waals surface area contributed by atoms with Crippen molar-refractivity contribution < 1.29 is 23.7 Å². The fourth-order valence-corrected chi connectivity index (χ4v) is 2.22. The molecule has 0 unspecified atom stereocenters. The van der Waals surface area contributed by atoms with E-state index in [-0.39, 0.29) is 12.5 Å². The Balaban J connectivity index is 1.58. The fraction of sp³-hybridized carbons (Fsp3) is 0.381. The van der Waals surface area contributed by atoms with Crippen LogP contribution in [0.5, 0.6) is 11.5 Å². The molecule has 0 bridgehead atoms. The average molecular weight is 373 g/mol. The molecule has 0 aliphatic heterocycles. The van der Waals surface area contributed by atoms with Gasteiger partial charge in [-0.2, -0.15) is 0 Å². The molecule has 0 fully saturated rings. The van der Waals surface area contributed by atoms with E-state index in [0.29, 0.717) is 38.7 Å². The molecule has 2 aromatic carbocycles. The van der Waals surface area contributed by atoms with Gasteiger partial charge < -0.3 is 24.3 Å². The number of carbonyl (C=O) groups is 1. The summed E-state index contributed by atoms with van der Waals surface area (Å²) in [5, 5.41) is 2.79. The van der Waals surface area contributed by atoms with Crippen LogP contribution in [0.3, 0.4) is 0 Å². The van der Waals surface area contributed by atoms with Crippen molar-refractivity contribution in [3.8, 4) is 11.5 Å². The predicted molar refractivity (Wildman–Crippen MR) is 103 cm³/mol. The zero-order chi connectivity index (χ0) is 19.2. The molecule has 0 radical (unpaired) electrons. The molecule has 0 aliphatic carbocycles. The Morgan fingerprint density at radius 3 is 2.30 bits per heavy atom. The summed E-state index contributed by atoms with van der Waals surface area (Å²) < 4.78 is 21.4. The van der Waals surface area contributed by atoms with Gasteiger partial charge in [0.05, 0.1) is 13.2 Å². The lowest BCUT2D eigenvalue weighted by Crippen LogP contribution is -2.30. The monoisotopic (exact) mass is 373 g/mol. The molecular weight excluding hydrogens is 346 g/mol. The summed E-state index contributed by atoms with van der Waals surface area (Å²) in [4.78, 5) is 11.8. The van der Waals surface area contributed by atoms with Crippen molar-refractivity contribution in [2.24, 2.45) is 0 Å². The highest BCUT2D eigenvalue weighted by molar-refractivity contribution is 5.77. The van der Waals surface area contributed by atoms with Crippen LogP contribution in [0, 0.1) is 0 Å². The minimum Gasteiger partial charge on any atom is -0.489 e. The SMILES string of the molecule is COCCOCCCNC(=O)COc1ccc(OCc2ccccc2)cc1. The van der Waals surface area contributed by atoms with Gasteiger partial charge in [-0.15, -0.1) is 0 Å². The molecule has 1 N–H and O–H groups in total. The maximum Gasteiger partial charge on any atom is 0.257 e. The molecule has 146 valence electrons. The number of methoxy groups -OCH3 is 1. The first kappa shape index (κ1) is 20.7. The van der Waals surface area contributed by atoms with E-state index < -0.39 is 0 Å². The molecule has 0 aliphatic rings. The van der Waals surface area contributed by atoms with Crippen LogP contribution in [0.2, 0.25) is 0 Å². The Bertz CT molecular complexity index is 645. The minimum absolute atomic E-state index is 0.0191. The number of hydrogen-bond donors (Lipinski definition) is 1. The molecule has 0 saturated carbocycles. The minimum atomic E-state index is -0.156. The van der Waals surface area contributed by atoms with Crippen LogP contribution in [0.4, 0.5) is 0 Å². The number of ether oxygens (including phenoxy) is 4. The second-order valence-corrected chi connectivity index (χ2v) is 5.84. The molecular formula is C21H27NO5. The topological polar surface area (TPSA) is 66.0 Å².